The van der Waals surface area contributed by atoms with Crippen LogP contribution >= 0.6 is 22.3 Å². The van der Waals surface area contributed by atoms with E-state index in [0.29, 0.717) is 0 Å². The molecule has 0 unspecified atom stereocenters. The van der Waals surface area contributed by atoms with E-state index in [-0.39, 0.29) is 17.0 Å². The smallest absolute Gasteiger partial charge is 0.258 e. The third-order valence-electron chi connectivity index (χ3n) is 1.86. The number of rotatable bonds is 3. The minimum absolute atomic E-state index is 0.0589. The van der Waals surface area contributed by atoms with Crippen molar-refractivity contribution in [2.24, 2.45) is 0 Å². The second-order valence-corrected chi connectivity index (χ2v) is 5.69. The molecule has 0 N–H and O–H groups in total. The number of halogens is 2. The molecule has 1 rings (SSSR count). The Labute approximate surface area is 106 Å². The molecule has 0 bridgehead atoms. The van der Waals surface area contributed by atoms with E-state index in [0.717, 1.165) is 12.1 Å². The van der Waals surface area contributed by atoms with Crippen molar-refractivity contribution < 1.29 is 13.3 Å². The molecule has 6 nitrogen and oxygen atoms in total. The molecule has 0 radical (unpaired) electrons. The Hall–Kier alpha value is -1.36. The highest BCUT2D eigenvalue weighted by molar-refractivity contribution is 8.13. The van der Waals surface area contributed by atoms with Crippen molar-refractivity contribution in [1.29, 1.82) is 5.26 Å². The van der Waals surface area contributed by atoms with Crippen molar-refractivity contribution in [1.82, 2.24) is 0 Å². The second kappa shape index (κ2) is 4.87. The number of nitro groups is 1. The van der Waals surface area contributed by atoms with Crippen LogP contribution in [0.4, 0.5) is 5.69 Å². The first-order valence-electron chi connectivity index (χ1n) is 4.03. The quantitative estimate of drug-likeness (QED) is 0.368. The molecule has 9 heteroatoms. The van der Waals surface area contributed by atoms with Crippen LogP contribution in [0.15, 0.2) is 17.0 Å². The molecule has 0 spiro atoms. The van der Waals surface area contributed by atoms with Gasteiger partial charge in [-0.3, -0.25) is 10.1 Å². The van der Waals surface area contributed by atoms with E-state index >= 15 is 0 Å². The Morgan fingerprint density at radius 3 is 2.41 bits per heavy atom. The van der Waals surface area contributed by atoms with Gasteiger partial charge in [0.25, 0.3) is 14.7 Å². The van der Waals surface area contributed by atoms with E-state index < -0.39 is 24.6 Å². The summed E-state index contributed by atoms with van der Waals surface area (Å²) >= 11 is 5.49. The van der Waals surface area contributed by atoms with Gasteiger partial charge in [0.2, 0.25) is 0 Å². The first kappa shape index (κ1) is 13.7. The van der Waals surface area contributed by atoms with Gasteiger partial charge in [-0.1, -0.05) is 0 Å². The molecule has 0 saturated heterocycles. The first-order valence-corrected chi connectivity index (χ1v) is 6.87. The minimum atomic E-state index is -4.31. The Bertz CT molecular complexity index is 621. The van der Waals surface area contributed by atoms with Crippen LogP contribution in [0.5, 0.6) is 0 Å². The molecule has 1 aromatic carbocycles. The highest BCUT2D eigenvalue weighted by Crippen LogP contribution is 2.32. The molecule has 0 aliphatic rings. The van der Waals surface area contributed by atoms with Gasteiger partial charge in [-0.05, 0) is 11.6 Å². The highest BCUT2D eigenvalue weighted by Gasteiger charge is 2.28. The summed E-state index contributed by atoms with van der Waals surface area (Å²) in [6.45, 7) is 0. The molecule has 0 aromatic heterocycles. The fourth-order valence-electron chi connectivity index (χ4n) is 1.25. The summed E-state index contributed by atoms with van der Waals surface area (Å²) in [5, 5.41) is 19.4. The summed E-state index contributed by atoms with van der Waals surface area (Å²) in [5.41, 5.74) is -0.890. The molecule has 0 saturated carbocycles. The van der Waals surface area contributed by atoms with Gasteiger partial charge in [-0.15, -0.1) is 11.6 Å². The maximum Gasteiger partial charge on any atom is 0.290 e. The molecule has 0 atom stereocenters. The lowest BCUT2D eigenvalue weighted by Crippen LogP contribution is -2.03. The summed E-state index contributed by atoms with van der Waals surface area (Å²) in [4.78, 5) is 9.14. The van der Waals surface area contributed by atoms with Crippen LogP contribution in [-0.2, 0) is 14.9 Å². The lowest BCUT2D eigenvalue weighted by Gasteiger charge is -2.05. The lowest BCUT2D eigenvalue weighted by molar-refractivity contribution is -0.387. The van der Waals surface area contributed by atoms with Crippen molar-refractivity contribution in [3.8, 4) is 6.07 Å². The predicted octanol–water partition coefficient (Wildman–Crippen LogP) is 2.13. The van der Waals surface area contributed by atoms with Gasteiger partial charge in [-0.2, -0.15) is 5.26 Å². The molecule has 0 aliphatic carbocycles. The van der Waals surface area contributed by atoms with E-state index in [9.17, 15) is 18.5 Å². The van der Waals surface area contributed by atoms with E-state index in [4.69, 9.17) is 27.5 Å². The minimum Gasteiger partial charge on any atom is -0.258 e. The van der Waals surface area contributed by atoms with Crippen molar-refractivity contribution in [3.63, 3.8) is 0 Å². The molecule has 1 aromatic rings. The maximum absolute atomic E-state index is 11.3. The Kier molecular flexibility index (Phi) is 3.93. The van der Waals surface area contributed by atoms with E-state index in [1.807, 2.05) is 0 Å². The van der Waals surface area contributed by atoms with Crippen LogP contribution in [0.25, 0.3) is 0 Å². The summed E-state index contributed by atoms with van der Waals surface area (Å²) < 4.78 is 22.5. The van der Waals surface area contributed by atoms with Crippen LogP contribution < -0.4 is 0 Å². The topological polar surface area (TPSA) is 101 Å². The number of hydrogen-bond donors (Lipinski definition) is 0. The number of nitro benzene ring substituents is 1. The molecule has 90 valence electrons. The van der Waals surface area contributed by atoms with Gasteiger partial charge in [0.1, 0.15) is 0 Å². The molecular formula is C8H4Cl2N2O4S. The summed E-state index contributed by atoms with van der Waals surface area (Å²) in [6.07, 6.45) is 0. The average Bonchev–Trinajstić information content (AvgIpc) is 2.25. The maximum atomic E-state index is 11.3. The van der Waals surface area contributed by atoms with Gasteiger partial charge in [0.05, 0.1) is 16.6 Å². The lowest BCUT2D eigenvalue weighted by atomic mass is 10.1. The van der Waals surface area contributed by atoms with Crippen LogP contribution in [-0.4, -0.2) is 13.3 Å². The van der Waals surface area contributed by atoms with Crippen LogP contribution in [0.1, 0.15) is 11.1 Å². The van der Waals surface area contributed by atoms with Crippen molar-refractivity contribution >= 4 is 37.0 Å². The fraction of sp³-hybridized carbons (Fsp3) is 0.125. The second-order valence-electron chi connectivity index (χ2n) is 2.92. The third-order valence-corrected chi connectivity index (χ3v) is 3.57. The molecule has 0 heterocycles. The Balaban J connectivity index is 3.79. The molecule has 0 fully saturated rings. The van der Waals surface area contributed by atoms with Gasteiger partial charge in [-0.25, -0.2) is 8.42 Å². The number of nitriles is 1. The zero-order valence-corrected chi connectivity index (χ0v) is 10.4. The SMILES string of the molecule is N#Cc1cc(CCl)c(S(=O)(=O)Cl)c([N+](=O)[O-])c1. The van der Waals surface area contributed by atoms with Crippen molar-refractivity contribution in [3.05, 3.63) is 33.4 Å². The summed E-state index contributed by atoms with van der Waals surface area (Å²) in [5.74, 6) is -0.308. The van der Waals surface area contributed by atoms with Crippen LogP contribution in [0.2, 0.25) is 0 Å². The van der Waals surface area contributed by atoms with Crippen LogP contribution in [0, 0.1) is 21.4 Å². The van der Waals surface area contributed by atoms with Gasteiger partial charge in [0, 0.05) is 22.6 Å². The van der Waals surface area contributed by atoms with Crippen molar-refractivity contribution in [2.45, 2.75) is 10.8 Å². The normalized spacial score (nSPS) is 10.9. The first-order chi connectivity index (χ1) is 7.81. The van der Waals surface area contributed by atoms with E-state index in [1.54, 1.807) is 6.07 Å². The van der Waals surface area contributed by atoms with E-state index in [2.05, 4.69) is 0 Å². The number of hydrogen-bond acceptors (Lipinski definition) is 5. The largest absolute Gasteiger partial charge is 0.290 e. The molecule has 0 aliphatic heterocycles. The van der Waals surface area contributed by atoms with Gasteiger partial charge >= 0.3 is 0 Å². The van der Waals surface area contributed by atoms with Crippen LogP contribution in [0.3, 0.4) is 0 Å². The highest BCUT2D eigenvalue weighted by atomic mass is 35.7. The molecule has 0 amide bonds. The summed E-state index contributed by atoms with van der Waals surface area (Å²) in [7, 11) is 0.804. The Morgan fingerprint density at radius 1 is 1.47 bits per heavy atom. The van der Waals surface area contributed by atoms with Gasteiger partial charge < -0.3 is 0 Å². The number of alkyl halides is 1. The summed E-state index contributed by atoms with van der Waals surface area (Å²) in [6, 6.07) is 3.66. The van der Waals surface area contributed by atoms with Crippen molar-refractivity contribution in [2.75, 3.05) is 0 Å². The predicted molar refractivity (Wildman–Crippen MR) is 60.4 cm³/mol. The van der Waals surface area contributed by atoms with E-state index in [1.165, 1.54) is 0 Å². The zero-order chi connectivity index (χ0) is 13.2. The molecule has 17 heavy (non-hydrogen) atoms. The average molecular weight is 295 g/mol. The van der Waals surface area contributed by atoms with Gasteiger partial charge in [0.15, 0.2) is 4.90 Å². The monoisotopic (exact) mass is 294 g/mol. The number of benzene rings is 1. The standard InChI is InChI=1S/C8H4Cl2N2O4S/c9-3-6-1-5(4-11)2-7(12(13)14)8(6)17(10,15)16/h1-2H,3H2. The third kappa shape index (κ3) is 2.85. The molecular weight excluding hydrogens is 291 g/mol. The fourth-order valence-corrected chi connectivity index (χ4v) is 2.91. The number of nitrogens with zero attached hydrogens (tertiary/aromatic N) is 2. The Morgan fingerprint density at radius 2 is 2.06 bits per heavy atom. The zero-order valence-electron chi connectivity index (χ0n) is 8.05.